The third-order valence-electron chi connectivity index (χ3n) is 3.55. The second-order valence-electron chi connectivity index (χ2n) is 5.27. The molecule has 2 N–H and O–H groups in total. The Morgan fingerprint density at radius 2 is 1.88 bits per heavy atom. The molecule has 2 aromatic carbocycles. The van der Waals surface area contributed by atoms with Crippen LogP contribution in [-0.2, 0) is 11.2 Å². The summed E-state index contributed by atoms with van der Waals surface area (Å²) >= 11 is 9.45. The number of ether oxygens (including phenoxy) is 2. The fraction of sp³-hybridized carbons (Fsp3) is 0.278. The van der Waals surface area contributed by atoms with Crippen LogP contribution in [0, 0.1) is 0 Å². The maximum atomic E-state index is 11.9. The molecule has 2 aromatic rings. The Hall–Kier alpha value is -1.92. The number of hydrogen-bond acceptors (Lipinski definition) is 4. The maximum absolute atomic E-state index is 11.9. The summed E-state index contributed by atoms with van der Waals surface area (Å²) in [5.74, 6) is 1.27. The lowest BCUT2D eigenvalue weighted by Crippen LogP contribution is -2.31. The molecule has 2 rings (SSSR count). The SMILES string of the molecule is COc1ccc(CCNC(=O)CNc2ccc(Br)cc2Cl)cc1OC. The Bertz CT molecular complexity index is 740. The number of hydrogen-bond donors (Lipinski definition) is 2. The van der Waals surface area contributed by atoms with Crippen molar-refractivity contribution in [1.29, 1.82) is 0 Å². The Labute approximate surface area is 160 Å². The van der Waals surface area contributed by atoms with Crippen LogP contribution in [0.2, 0.25) is 5.02 Å². The predicted molar refractivity (Wildman–Crippen MR) is 104 cm³/mol. The molecule has 0 fully saturated rings. The number of anilines is 1. The summed E-state index contributed by atoms with van der Waals surface area (Å²) in [6.07, 6.45) is 0.700. The molecular formula is C18H20BrClN2O3. The maximum Gasteiger partial charge on any atom is 0.239 e. The van der Waals surface area contributed by atoms with Gasteiger partial charge in [0.05, 0.1) is 31.5 Å². The molecule has 0 spiro atoms. The van der Waals surface area contributed by atoms with Crippen molar-refractivity contribution < 1.29 is 14.3 Å². The van der Waals surface area contributed by atoms with Crippen molar-refractivity contribution in [3.8, 4) is 11.5 Å². The third kappa shape index (κ3) is 5.83. The molecular weight excluding hydrogens is 408 g/mol. The minimum atomic E-state index is -0.0977. The summed E-state index contributed by atoms with van der Waals surface area (Å²) in [7, 11) is 3.20. The van der Waals surface area contributed by atoms with E-state index in [9.17, 15) is 4.79 Å². The van der Waals surface area contributed by atoms with E-state index < -0.39 is 0 Å². The van der Waals surface area contributed by atoms with Gasteiger partial charge in [-0.25, -0.2) is 0 Å². The zero-order valence-electron chi connectivity index (χ0n) is 14.1. The van der Waals surface area contributed by atoms with Gasteiger partial charge in [0.2, 0.25) is 5.91 Å². The van der Waals surface area contributed by atoms with Gasteiger partial charge in [-0.15, -0.1) is 0 Å². The van der Waals surface area contributed by atoms with Crippen LogP contribution in [0.4, 0.5) is 5.69 Å². The second-order valence-corrected chi connectivity index (χ2v) is 6.59. The van der Waals surface area contributed by atoms with Gasteiger partial charge in [0.25, 0.3) is 0 Å². The summed E-state index contributed by atoms with van der Waals surface area (Å²) in [5, 5.41) is 6.46. The number of nitrogens with one attached hydrogen (secondary N) is 2. The van der Waals surface area contributed by atoms with E-state index in [1.54, 1.807) is 20.3 Å². The van der Waals surface area contributed by atoms with Crippen LogP contribution < -0.4 is 20.1 Å². The van der Waals surface area contributed by atoms with Crippen LogP contribution in [0.5, 0.6) is 11.5 Å². The standard InChI is InChI=1S/C18H20BrClN2O3/c1-24-16-6-3-12(9-17(16)25-2)7-8-21-18(23)11-22-15-5-4-13(19)10-14(15)20/h3-6,9-10,22H,7-8,11H2,1-2H3,(H,21,23). The summed E-state index contributed by atoms with van der Waals surface area (Å²) in [5.41, 5.74) is 1.78. The average Bonchev–Trinajstić information content (AvgIpc) is 2.60. The van der Waals surface area contributed by atoms with Crippen LogP contribution in [0.1, 0.15) is 5.56 Å². The van der Waals surface area contributed by atoms with Crippen molar-refractivity contribution in [2.24, 2.45) is 0 Å². The first kappa shape index (κ1) is 19.4. The fourth-order valence-corrected chi connectivity index (χ4v) is 2.99. The van der Waals surface area contributed by atoms with E-state index in [2.05, 4.69) is 26.6 Å². The molecule has 0 aliphatic heterocycles. The van der Waals surface area contributed by atoms with Gasteiger partial charge in [-0.2, -0.15) is 0 Å². The fourth-order valence-electron chi connectivity index (χ4n) is 2.25. The number of methoxy groups -OCH3 is 2. The Kier molecular flexibility index (Phi) is 7.40. The van der Waals surface area contributed by atoms with Gasteiger partial charge < -0.3 is 20.1 Å². The molecule has 0 aliphatic rings. The molecule has 0 unspecified atom stereocenters. The molecule has 0 saturated carbocycles. The van der Waals surface area contributed by atoms with Gasteiger partial charge in [-0.3, -0.25) is 4.79 Å². The number of carbonyl (C=O) groups is 1. The van der Waals surface area contributed by atoms with Gasteiger partial charge in [-0.05, 0) is 42.3 Å². The topological polar surface area (TPSA) is 59.6 Å². The second kappa shape index (κ2) is 9.53. The van der Waals surface area contributed by atoms with Crippen LogP contribution in [0.25, 0.3) is 0 Å². The molecule has 0 aromatic heterocycles. The molecule has 0 heterocycles. The van der Waals surface area contributed by atoms with Crippen LogP contribution >= 0.6 is 27.5 Å². The van der Waals surface area contributed by atoms with Crippen LogP contribution in [-0.4, -0.2) is 33.2 Å². The van der Waals surface area contributed by atoms with Crippen molar-refractivity contribution in [1.82, 2.24) is 5.32 Å². The Balaban J connectivity index is 1.78. The monoisotopic (exact) mass is 426 g/mol. The van der Waals surface area contributed by atoms with Crippen LogP contribution in [0.3, 0.4) is 0 Å². The van der Waals surface area contributed by atoms with E-state index in [0.29, 0.717) is 29.5 Å². The van der Waals surface area contributed by atoms with Crippen LogP contribution in [0.15, 0.2) is 40.9 Å². The number of rotatable bonds is 8. The number of carbonyl (C=O) groups excluding carboxylic acids is 1. The van der Waals surface area contributed by atoms with Gasteiger partial charge in [0.1, 0.15) is 0 Å². The molecule has 1 amide bonds. The smallest absolute Gasteiger partial charge is 0.239 e. The molecule has 134 valence electrons. The first-order valence-corrected chi connectivity index (χ1v) is 8.87. The minimum absolute atomic E-state index is 0.0977. The molecule has 0 radical (unpaired) electrons. The molecule has 25 heavy (non-hydrogen) atoms. The van der Waals surface area contributed by atoms with Crippen molar-refractivity contribution in [3.05, 3.63) is 51.5 Å². The van der Waals surface area contributed by atoms with E-state index in [1.807, 2.05) is 30.3 Å². The van der Waals surface area contributed by atoms with E-state index in [0.717, 1.165) is 15.7 Å². The number of amides is 1. The normalized spacial score (nSPS) is 10.2. The highest BCUT2D eigenvalue weighted by Crippen LogP contribution is 2.27. The predicted octanol–water partition coefficient (Wildman–Crippen LogP) is 3.89. The van der Waals surface area contributed by atoms with Crippen molar-refractivity contribution in [2.45, 2.75) is 6.42 Å². The van der Waals surface area contributed by atoms with E-state index in [-0.39, 0.29) is 12.5 Å². The molecule has 0 atom stereocenters. The van der Waals surface area contributed by atoms with Crippen molar-refractivity contribution in [3.63, 3.8) is 0 Å². The molecule has 7 heteroatoms. The highest BCUT2D eigenvalue weighted by Gasteiger charge is 2.06. The van der Waals surface area contributed by atoms with E-state index in [1.165, 1.54) is 0 Å². The lowest BCUT2D eigenvalue weighted by Gasteiger charge is -2.11. The van der Waals surface area contributed by atoms with Gasteiger partial charge >= 0.3 is 0 Å². The first-order valence-electron chi connectivity index (χ1n) is 7.70. The van der Waals surface area contributed by atoms with Gasteiger partial charge in [-0.1, -0.05) is 33.6 Å². The minimum Gasteiger partial charge on any atom is -0.493 e. The third-order valence-corrected chi connectivity index (χ3v) is 4.36. The summed E-state index contributed by atoms with van der Waals surface area (Å²) < 4.78 is 11.4. The number of halogens is 2. The lowest BCUT2D eigenvalue weighted by molar-refractivity contribution is -0.119. The summed E-state index contributed by atoms with van der Waals surface area (Å²) in [4.78, 5) is 11.9. The van der Waals surface area contributed by atoms with Crippen molar-refractivity contribution in [2.75, 3.05) is 32.6 Å². The summed E-state index contributed by atoms with van der Waals surface area (Å²) in [6.45, 7) is 0.692. The van der Waals surface area contributed by atoms with Gasteiger partial charge in [0, 0.05) is 11.0 Å². The first-order chi connectivity index (χ1) is 12.0. The molecule has 5 nitrogen and oxygen atoms in total. The molecule has 0 saturated heterocycles. The highest BCUT2D eigenvalue weighted by molar-refractivity contribution is 9.10. The highest BCUT2D eigenvalue weighted by atomic mass is 79.9. The summed E-state index contributed by atoms with van der Waals surface area (Å²) in [6, 6.07) is 11.2. The zero-order valence-corrected chi connectivity index (χ0v) is 16.4. The zero-order chi connectivity index (χ0) is 18.2. The largest absolute Gasteiger partial charge is 0.493 e. The Morgan fingerprint density at radius 3 is 2.56 bits per heavy atom. The molecule has 0 aliphatic carbocycles. The number of benzene rings is 2. The molecule has 0 bridgehead atoms. The van der Waals surface area contributed by atoms with E-state index in [4.69, 9.17) is 21.1 Å². The Morgan fingerprint density at radius 1 is 1.12 bits per heavy atom. The quantitative estimate of drug-likeness (QED) is 0.671. The lowest BCUT2D eigenvalue weighted by atomic mass is 10.1. The van der Waals surface area contributed by atoms with Crippen molar-refractivity contribution >= 4 is 39.1 Å². The van der Waals surface area contributed by atoms with E-state index >= 15 is 0 Å². The average molecular weight is 428 g/mol. The van der Waals surface area contributed by atoms with Gasteiger partial charge in [0.15, 0.2) is 11.5 Å².